The van der Waals surface area contributed by atoms with Gasteiger partial charge in [0.05, 0.1) is 0 Å². The molecule has 0 spiro atoms. The Bertz CT molecular complexity index is 502. The van der Waals surface area contributed by atoms with E-state index in [0.29, 0.717) is 24.4 Å². The maximum atomic E-state index is 12.0. The summed E-state index contributed by atoms with van der Waals surface area (Å²) in [6, 6.07) is 5.52. The van der Waals surface area contributed by atoms with Crippen molar-refractivity contribution in [2.45, 2.75) is 39.5 Å². The molecule has 2 N–H and O–H groups in total. The van der Waals surface area contributed by atoms with Crippen molar-refractivity contribution in [3.63, 3.8) is 0 Å². The SMILES string of the molecule is CCC(CCNC(=O)c1ccc(C)c(Br)c1)CCC(=O)O. The highest BCUT2D eigenvalue weighted by Gasteiger charge is 2.11. The highest BCUT2D eigenvalue weighted by atomic mass is 79.9. The van der Waals surface area contributed by atoms with Gasteiger partial charge in [-0.15, -0.1) is 0 Å². The molecule has 0 saturated carbocycles. The van der Waals surface area contributed by atoms with Crippen molar-refractivity contribution in [3.05, 3.63) is 33.8 Å². The van der Waals surface area contributed by atoms with Crippen LogP contribution in [-0.4, -0.2) is 23.5 Å². The summed E-state index contributed by atoms with van der Waals surface area (Å²) in [5.41, 5.74) is 1.72. The molecule has 0 aromatic heterocycles. The van der Waals surface area contributed by atoms with Crippen LogP contribution >= 0.6 is 15.9 Å². The number of carbonyl (C=O) groups is 2. The van der Waals surface area contributed by atoms with Gasteiger partial charge in [0.1, 0.15) is 0 Å². The van der Waals surface area contributed by atoms with Crippen molar-refractivity contribution < 1.29 is 14.7 Å². The van der Waals surface area contributed by atoms with Gasteiger partial charge in [0, 0.05) is 23.0 Å². The molecule has 21 heavy (non-hydrogen) atoms. The number of nitrogens with one attached hydrogen (secondary N) is 1. The zero-order valence-corrected chi connectivity index (χ0v) is 14.1. The summed E-state index contributed by atoms with van der Waals surface area (Å²) in [6.45, 7) is 4.59. The summed E-state index contributed by atoms with van der Waals surface area (Å²) in [7, 11) is 0. The van der Waals surface area contributed by atoms with Crippen molar-refractivity contribution in [2.75, 3.05) is 6.54 Å². The lowest BCUT2D eigenvalue weighted by molar-refractivity contribution is -0.137. The van der Waals surface area contributed by atoms with Crippen molar-refractivity contribution in [1.82, 2.24) is 5.32 Å². The maximum absolute atomic E-state index is 12.0. The van der Waals surface area contributed by atoms with E-state index in [1.807, 2.05) is 26.0 Å². The lowest BCUT2D eigenvalue weighted by atomic mass is 9.96. The first-order chi connectivity index (χ1) is 9.93. The smallest absolute Gasteiger partial charge is 0.303 e. The number of amides is 1. The second-order valence-corrected chi connectivity index (χ2v) is 6.07. The molecule has 1 aromatic carbocycles. The number of hydrogen-bond acceptors (Lipinski definition) is 2. The number of benzene rings is 1. The van der Waals surface area contributed by atoms with Gasteiger partial charge in [-0.1, -0.05) is 35.3 Å². The van der Waals surface area contributed by atoms with Crippen LogP contribution in [0, 0.1) is 12.8 Å². The Hall–Kier alpha value is -1.36. The number of hydrogen-bond donors (Lipinski definition) is 2. The van der Waals surface area contributed by atoms with E-state index in [9.17, 15) is 9.59 Å². The average Bonchev–Trinajstić information content (AvgIpc) is 2.45. The first-order valence-electron chi connectivity index (χ1n) is 7.20. The topological polar surface area (TPSA) is 66.4 Å². The van der Waals surface area contributed by atoms with Crippen molar-refractivity contribution in [2.24, 2.45) is 5.92 Å². The van der Waals surface area contributed by atoms with Crippen molar-refractivity contribution in [3.8, 4) is 0 Å². The van der Waals surface area contributed by atoms with Crippen LogP contribution < -0.4 is 5.32 Å². The zero-order chi connectivity index (χ0) is 15.8. The fraction of sp³-hybridized carbons (Fsp3) is 0.500. The molecule has 0 fully saturated rings. The molecule has 1 atom stereocenters. The summed E-state index contributed by atoms with van der Waals surface area (Å²) in [6.07, 6.45) is 2.59. The van der Waals surface area contributed by atoms with Gasteiger partial charge in [-0.05, 0) is 43.4 Å². The second-order valence-electron chi connectivity index (χ2n) is 5.22. The van der Waals surface area contributed by atoms with Crippen LogP contribution in [0.4, 0.5) is 0 Å². The maximum Gasteiger partial charge on any atom is 0.303 e. The third kappa shape index (κ3) is 6.29. The minimum absolute atomic E-state index is 0.0937. The molecule has 0 aliphatic rings. The van der Waals surface area contributed by atoms with E-state index in [-0.39, 0.29) is 12.3 Å². The van der Waals surface area contributed by atoms with Gasteiger partial charge in [0.2, 0.25) is 0 Å². The van der Waals surface area contributed by atoms with Crippen molar-refractivity contribution in [1.29, 1.82) is 0 Å². The van der Waals surface area contributed by atoms with Crippen LogP contribution in [-0.2, 0) is 4.79 Å². The largest absolute Gasteiger partial charge is 0.481 e. The Morgan fingerprint density at radius 1 is 1.33 bits per heavy atom. The van der Waals surface area contributed by atoms with Gasteiger partial charge in [0.25, 0.3) is 5.91 Å². The molecule has 1 aromatic rings. The number of carboxylic acids is 1. The van der Waals surface area contributed by atoms with Crippen LogP contribution in [0.3, 0.4) is 0 Å². The molecule has 0 aliphatic heterocycles. The average molecular weight is 356 g/mol. The van der Waals surface area contributed by atoms with E-state index >= 15 is 0 Å². The first-order valence-corrected chi connectivity index (χ1v) is 7.99. The summed E-state index contributed by atoms with van der Waals surface area (Å²) in [5.74, 6) is -0.517. The molecule has 1 unspecified atom stereocenters. The minimum atomic E-state index is -0.762. The lowest BCUT2D eigenvalue weighted by Gasteiger charge is -2.14. The van der Waals surface area contributed by atoms with Crippen LogP contribution in [0.15, 0.2) is 22.7 Å². The van der Waals surface area contributed by atoms with Crippen LogP contribution in [0.1, 0.15) is 48.5 Å². The molecule has 5 heteroatoms. The third-order valence-corrected chi connectivity index (χ3v) is 4.47. The van der Waals surface area contributed by atoms with Gasteiger partial charge in [0.15, 0.2) is 0 Å². The number of carbonyl (C=O) groups excluding carboxylic acids is 1. The number of rotatable bonds is 8. The molecule has 0 radical (unpaired) electrons. The fourth-order valence-corrected chi connectivity index (χ4v) is 2.48. The summed E-state index contributed by atoms with van der Waals surface area (Å²) < 4.78 is 0.919. The number of aryl methyl sites for hydroxylation is 1. The number of halogens is 1. The van der Waals surface area contributed by atoms with E-state index in [0.717, 1.165) is 22.9 Å². The molecule has 0 saturated heterocycles. The Morgan fingerprint density at radius 3 is 2.62 bits per heavy atom. The highest BCUT2D eigenvalue weighted by molar-refractivity contribution is 9.10. The molecule has 4 nitrogen and oxygen atoms in total. The Labute approximate surface area is 134 Å². The molecule has 0 aliphatic carbocycles. The normalized spacial score (nSPS) is 12.0. The Balaban J connectivity index is 2.41. The van der Waals surface area contributed by atoms with Gasteiger partial charge >= 0.3 is 5.97 Å². The van der Waals surface area contributed by atoms with Gasteiger partial charge in [-0.25, -0.2) is 0 Å². The molecule has 0 bridgehead atoms. The first kappa shape index (κ1) is 17.7. The highest BCUT2D eigenvalue weighted by Crippen LogP contribution is 2.18. The Morgan fingerprint density at radius 2 is 2.05 bits per heavy atom. The quantitative estimate of drug-likeness (QED) is 0.745. The van der Waals surface area contributed by atoms with Crippen LogP contribution in [0.2, 0.25) is 0 Å². The van der Waals surface area contributed by atoms with Gasteiger partial charge in [-0.2, -0.15) is 0 Å². The monoisotopic (exact) mass is 355 g/mol. The van der Waals surface area contributed by atoms with E-state index in [4.69, 9.17) is 5.11 Å². The second kappa shape index (κ2) is 8.82. The molecule has 1 rings (SSSR count). The molecule has 1 amide bonds. The molecular weight excluding hydrogens is 334 g/mol. The molecule has 0 heterocycles. The molecular formula is C16H22BrNO3. The molecule has 116 valence electrons. The van der Waals surface area contributed by atoms with Crippen LogP contribution in [0.5, 0.6) is 0 Å². The zero-order valence-electron chi connectivity index (χ0n) is 12.5. The van der Waals surface area contributed by atoms with Gasteiger partial charge in [-0.3, -0.25) is 9.59 Å². The standard InChI is InChI=1S/C16H22BrNO3/c1-3-12(5-7-15(19)20)8-9-18-16(21)13-6-4-11(2)14(17)10-13/h4,6,10,12H,3,5,7-9H2,1-2H3,(H,18,21)(H,19,20). The predicted octanol–water partition coefficient (Wildman–Crippen LogP) is 3.77. The van der Waals surface area contributed by atoms with E-state index in [1.165, 1.54) is 0 Å². The third-order valence-electron chi connectivity index (χ3n) is 3.62. The number of carboxylic acid groups (broad SMARTS) is 1. The summed E-state index contributed by atoms with van der Waals surface area (Å²) >= 11 is 3.42. The fourth-order valence-electron chi connectivity index (χ4n) is 2.11. The summed E-state index contributed by atoms with van der Waals surface area (Å²) in [5, 5.41) is 11.6. The number of aliphatic carboxylic acids is 1. The van der Waals surface area contributed by atoms with E-state index in [1.54, 1.807) is 6.07 Å². The summed E-state index contributed by atoms with van der Waals surface area (Å²) in [4.78, 5) is 22.6. The van der Waals surface area contributed by atoms with E-state index in [2.05, 4.69) is 21.2 Å². The Kier molecular flexibility index (Phi) is 7.43. The van der Waals surface area contributed by atoms with Crippen LogP contribution in [0.25, 0.3) is 0 Å². The van der Waals surface area contributed by atoms with Gasteiger partial charge < -0.3 is 10.4 Å². The van der Waals surface area contributed by atoms with Crippen molar-refractivity contribution >= 4 is 27.8 Å². The van der Waals surface area contributed by atoms with E-state index < -0.39 is 5.97 Å². The lowest BCUT2D eigenvalue weighted by Crippen LogP contribution is -2.26. The predicted molar refractivity (Wildman–Crippen MR) is 86.5 cm³/mol. The minimum Gasteiger partial charge on any atom is -0.481 e.